The summed E-state index contributed by atoms with van der Waals surface area (Å²) in [5.74, 6) is -0.164. The van der Waals surface area contributed by atoms with Crippen molar-refractivity contribution in [2.45, 2.75) is 32.4 Å². The molecule has 0 spiro atoms. The highest BCUT2D eigenvalue weighted by atomic mass is 16.2. The number of hydrogen-bond donors (Lipinski definition) is 2. The van der Waals surface area contributed by atoms with Crippen molar-refractivity contribution < 1.29 is 4.79 Å². The van der Waals surface area contributed by atoms with Gasteiger partial charge in [-0.2, -0.15) is 0 Å². The molecular formula is C19H23N3O2. The third kappa shape index (κ3) is 4.11. The summed E-state index contributed by atoms with van der Waals surface area (Å²) < 4.78 is 0. The standard InChI is InChI=1S/C19H23N3O2/c1-2-16-10-15(11-18(23)20-16)19(24)21-17-8-9-22(13-17)12-14-6-4-3-5-7-14/h3-7,10-11,17H,2,8-9,12-13H2,1H3,(H,20,23)(H,21,24)/t17-/m0/s1. The molecule has 1 aromatic carbocycles. The summed E-state index contributed by atoms with van der Waals surface area (Å²) in [6.45, 7) is 4.66. The van der Waals surface area contributed by atoms with Crippen LogP contribution in [0, 0.1) is 0 Å². The number of pyridine rings is 1. The van der Waals surface area contributed by atoms with E-state index in [1.807, 2.05) is 25.1 Å². The highest BCUT2D eigenvalue weighted by Crippen LogP contribution is 2.14. The first-order valence-electron chi connectivity index (χ1n) is 8.44. The van der Waals surface area contributed by atoms with Crippen molar-refractivity contribution in [1.82, 2.24) is 15.2 Å². The molecule has 1 aliphatic rings. The van der Waals surface area contributed by atoms with Gasteiger partial charge in [0.05, 0.1) is 0 Å². The first-order chi connectivity index (χ1) is 11.6. The number of rotatable bonds is 5. The Labute approximate surface area is 141 Å². The molecule has 2 aromatic rings. The Bertz CT molecular complexity index is 755. The van der Waals surface area contributed by atoms with Crippen LogP contribution in [-0.2, 0) is 13.0 Å². The average molecular weight is 325 g/mol. The summed E-state index contributed by atoms with van der Waals surface area (Å²) in [4.78, 5) is 29.1. The molecule has 0 saturated carbocycles. The van der Waals surface area contributed by atoms with Crippen molar-refractivity contribution >= 4 is 5.91 Å². The summed E-state index contributed by atoms with van der Waals surface area (Å²) in [5.41, 5.74) is 2.28. The van der Waals surface area contributed by atoms with Gasteiger partial charge in [-0.25, -0.2) is 0 Å². The number of nitrogens with zero attached hydrogens (tertiary/aromatic N) is 1. The number of aryl methyl sites for hydroxylation is 1. The lowest BCUT2D eigenvalue weighted by molar-refractivity contribution is 0.0937. The van der Waals surface area contributed by atoms with Crippen LogP contribution < -0.4 is 10.9 Å². The van der Waals surface area contributed by atoms with Gasteiger partial charge in [-0.05, 0) is 24.5 Å². The van der Waals surface area contributed by atoms with Crippen LogP contribution >= 0.6 is 0 Å². The maximum Gasteiger partial charge on any atom is 0.251 e. The highest BCUT2D eigenvalue weighted by molar-refractivity contribution is 5.94. The summed E-state index contributed by atoms with van der Waals surface area (Å²) in [5, 5.41) is 3.06. The van der Waals surface area contributed by atoms with Gasteiger partial charge in [0.15, 0.2) is 0 Å². The second kappa shape index (κ2) is 7.45. The Morgan fingerprint density at radius 3 is 2.83 bits per heavy atom. The van der Waals surface area contributed by atoms with Crippen molar-refractivity contribution in [1.29, 1.82) is 0 Å². The molecule has 1 amide bonds. The molecule has 0 radical (unpaired) electrons. The molecule has 1 fully saturated rings. The summed E-state index contributed by atoms with van der Waals surface area (Å²) in [6.07, 6.45) is 1.63. The van der Waals surface area contributed by atoms with Crippen LogP contribution in [0.15, 0.2) is 47.3 Å². The fourth-order valence-electron chi connectivity index (χ4n) is 3.13. The van der Waals surface area contributed by atoms with E-state index in [0.29, 0.717) is 12.0 Å². The number of benzene rings is 1. The molecule has 2 heterocycles. The lowest BCUT2D eigenvalue weighted by Crippen LogP contribution is -2.37. The van der Waals surface area contributed by atoms with E-state index in [0.717, 1.165) is 31.7 Å². The Hall–Kier alpha value is -2.40. The Balaban J connectivity index is 1.58. The smallest absolute Gasteiger partial charge is 0.251 e. The minimum Gasteiger partial charge on any atom is -0.348 e. The minimum atomic E-state index is -0.225. The van der Waals surface area contributed by atoms with Crippen LogP contribution in [0.2, 0.25) is 0 Å². The first-order valence-corrected chi connectivity index (χ1v) is 8.44. The zero-order valence-corrected chi connectivity index (χ0v) is 13.9. The van der Waals surface area contributed by atoms with Crippen LogP contribution in [0.5, 0.6) is 0 Å². The maximum absolute atomic E-state index is 12.4. The largest absolute Gasteiger partial charge is 0.348 e. The van der Waals surface area contributed by atoms with Gasteiger partial charge in [0, 0.05) is 43.0 Å². The van der Waals surface area contributed by atoms with E-state index < -0.39 is 0 Å². The maximum atomic E-state index is 12.4. The molecule has 2 N–H and O–H groups in total. The fraction of sp³-hybridized carbons (Fsp3) is 0.368. The minimum absolute atomic E-state index is 0.130. The molecule has 0 unspecified atom stereocenters. The Morgan fingerprint density at radius 1 is 1.29 bits per heavy atom. The monoisotopic (exact) mass is 325 g/mol. The van der Waals surface area contributed by atoms with E-state index in [1.165, 1.54) is 11.6 Å². The lowest BCUT2D eigenvalue weighted by Gasteiger charge is -2.17. The number of hydrogen-bond acceptors (Lipinski definition) is 3. The third-order valence-electron chi connectivity index (χ3n) is 4.40. The Kier molecular flexibility index (Phi) is 5.11. The average Bonchev–Trinajstić information content (AvgIpc) is 3.02. The number of carbonyl (C=O) groups is 1. The van der Waals surface area contributed by atoms with Gasteiger partial charge in [-0.15, -0.1) is 0 Å². The van der Waals surface area contributed by atoms with Crippen LogP contribution in [0.3, 0.4) is 0 Å². The zero-order chi connectivity index (χ0) is 16.9. The summed E-state index contributed by atoms with van der Waals surface area (Å²) in [6, 6.07) is 13.6. The first kappa shape index (κ1) is 16.5. The van der Waals surface area contributed by atoms with Crippen LogP contribution in [-0.4, -0.2) is 34.9 Å². The number of carbonyl (C=O) groups excluding carboxylic acids is 1. The van der Waals surface area contributed by atoms with Crippen molar-refractivity contribution in [3.8, 4) is 0 Å². The number of nitrogens with one attached hydrogen (secondary N) is 2. The SMILES string of the molecule is CCc1cc(C(=O)N[C@H]2CCN(Cc3ccccc3)C2)cc(=O)[nH]1. The van der Waals surface area contributed by atoms with E-state index in [-0.39, 0.29) is 17.5 Å². The molecule has 5 heteroatoms. The number of likely N-dealkylation sites (tertiary alicyclic amines) is 1. The van der Waals surface area contributed by atoms with Gasteiger partial charge in [-0.1, -0.05) is 37.3 Å². The van der Waals surface area contributed by atoms with E-state index >= 15 is 0 Å². The van der Waals surface area contributed by atoms with E-state index in [1.54, 1.807) is 6.07 Å². The van der Waals surface area contributed by atoms with Crippen molar-refractivity contribution in [3.63, 3.8) is 0 Å². The van der Waals surface area contributed by atoms with E-state index in [4.69, 9.17) is 0 Å². The Morgan fingerprint density at radius 2 is 2.08 bits per heavy atom. The summed E-state index contributed by atoms with van der Waals surface area (Å²) in [7, 11) is 0. The summed E-state index contributed by atoms with van der Waals surface area (Å²) >= 11 is 0. The number of amides is 1. The molecule has 5 nitrogen and oxygen atoms in total. The molecular weight excluding hydrogens is 302 g/mol. The molecule has 126 valence electrons. The highest BCUT2D eigenvalue weighted by Gasteiger charge is 2.24. The van der Waals surface area contributed by atoms with Gasteiger partial charge >= 0.3 is 0 Å². The van der Waals surface area contributed by atoms with E-state index in [2.05, 4.69) is 27.3 Å². The molecule has 1 atom stereocenters. The predicted molar refractivity (Wildman–Crippen MR) is 94.0 cm³/mol. The van der Waals surface area contributed by atoms with Gasteiger partial charge in [0.2, 0.25) is 5.56 Å². The zero-order valence-electron chi connectivity index (χ0n) is 13.9. The molecule has 3 rings (SSSR count). The number of aromatic amines is 1. The predicted octanol–water partition coefficient (Wildman–Crippen LogP) is 1.94. The molecule has 0 bridgehead atoms. The topological polar surface area (TPSA) is 65.2 Å². The quantitative estimate of drug-likeness (QED) is 0.883. The van der Waals surface area contributed by atoms with Gasteiger partial charge in [-0.3, -0.25) is 14.5 Å². The fourth-order valence-corrected chi connectivity index (χ4v) is 3.13. The molecule has 24 heavy (non-hydrogen) atoms. The van der Waals surface area contributed by atoms with E-state index in [9.17, 15) is 9.59 Å². The van der Waals surface area contributed by atoms with Gasteiger partial charge in [0.25, 0.3) is 5.91 Å². The molecule has 1 aromatic heterocycles. The van der Waals surface area contributed by atoms with Crippen molar-refractivity contribution in [3.05, 3.63) is 69.6 Å². The lowest BCUT2D eigenvalue weighted by atomic mass is 10.1. The third-order valence-corrected chi connectivity index (χ3v) is 4.40. The number of H-pyrrole nitrogens is 1. The van der Waals surface area contributed by atoms with Crippen LogP contribution in [0.1, 0.15) is 35.0 Å². The van der Waals surface area contributed by atoms with Gasteiger partial charge in [0.1, 0.15) is 0 Å². The number of aromatic nitrogens is 1. The van der Waals surface area contributed by atoms with Crippen LogP contribution in [0.4, 0.5) is 0 Å². The normalized spacial score (nSPS) is 17.8. The second-order valence-corrected chi connectivity index (χ2v) is 6.29. The second-order valence-electron chi connectivity index (χ2n) is 6.29. The molecule has 0 aliphatic carbocycles. The van der Waals surface area contributed by atoms with Crippen molar-refractivity contribution in [2.24, 2.45) is 0 Å². The molecule has 1 saturated heterocycles. The van der Waals surface area contributed by atoms with Crippen LogP contribution in [0.25, 0.3) is 0 Å². The van der Waals surface area contributed by atoms with Crippen molar-refractivity contribution in [2.75, 3.05) is 13.1 Å². The molecule has 1 aliphatic heterocycles. The van der Waals surface area contributed by atoms with Gasteiger partial charge < -0.3 is 10.3 Å².